The molecule has 4 heteroatoms. The van der Waals surface area contributed by atoms with Gasteiger partial charge < -0.3 is 11.1 Å². The third kappa shape index (κ3) is 2.91. The number of nitrogens with two attached hydrogens (primary N) is 1. The molecule has 0 aromatic heterocycles. The van der Waals surface area contributed by atoms with E-state index in [-0.39, 0.29) is 16.8 Å². The molecule has 15 heavy (non-hydrogen) atoms. The largest absolute Gasteiger partial charge is 0.393 e. The summed E-state index contributed by atoms with van der Waals surface area (Å²) in [5.41, 5.74) is 5.78. The van der Waals surface area contributed by atoms with Crippen molar-refractivity contribution in [3.8, 4) is 0 Å². The summed E-state index contributed by atoms with van der Waals surface area (Å²) in [6.07, 6.45) is 4.87. The molecule has 1 amide bonds. The van der Waals surface area contributed by atoms with Crippen molar-refractivity contribution in [2.75, 3.05) is 6.54 Å². The second-order valence-corrected chi connectivity index (χ2v) is 5.02. The maximum absolute atomic E-state index is 11.6. The Morgan fingerprint density at radius 1 is 1.60 bits per heavy atom. The van der Waals surface area contributed by atoms with Crippen molar-refractivity contribution in [2.45, 2.75) is 39.5 Å². The second kappa shape index (κ2) is 4.92. The van der Waals surface area contributed by atoms with Gasteiger partial charge in [0.2, 0.25) is 5.91 Å². The van der Waals surface area contributed by atoms with E-state index in [1.165, 1.54) is 19.3 Å². The van der Waals surface area contributed by atoms with E-state index in [0.29, 0.717) is 5.41 Å². The lowest BCUT2D eigenvalue weighted by Gasteiger charge is -2.41. The standard InChI is InChI=1S/C11H20N2OS/c1-3-11(5-4-6-11)7-13-10(14)8(2)9(12)15/h8H,3-7H2,1-2H3,(H2,12,15)(H,13,14). The van der Waals surface area contributed by atoms with E-state index in [0.717, 1.165) is 13.0 Å². The van der Waals surface area contributed by atoms with Crippen LogP contribution in [0.2, 0.25) is 0 Å². The molecule has 3 nitrogen and oxygen atoms in total. The minimum absolute atomic E-state index is 0.0396. The van der Waals surface area contributed by atoms with Gasteiger partial charge >= 0.3 is 0 Å². The maximum Gasteiger partial charge on any atom is 0.229 e. The molecule has 0 aromatic carbocycles. The Morgan fingerprint density at radius 3 is 2.53 bits per heavy atom. The number of carbonyl (C=O) groups excluding carboxylic acids is 1. The average Bonchev–Trinajstić information content (AvgIpc) is 2.15. The molecule has 0 bridgehead atoms. The van der Waals surface area contributed by atoms with E-state index in [2.05, 4.69) is 12.2 Å². The van der Waals surface area contributed by atoms with Gasteiger partial charge in [-0.05, 0) is 31.6 Å². The summed E-state index contributed by atoms with van der Waals surface area (Å²) < 4.78 is 0. The van der Waals surface area contributed by atoms with Gasteiger partial charge in [0.15, 0.2) is 0 Å². The molecule has 86 valence electrons. The van der Waals surface area contributed by atoms with Crippen LogP contribution < -0.4 is 11.1 Å². The summed E-state index contributed by atoms with van der Waals surface area (Å²) in [4.78, 5) is 11.9. The van der Waals surface area contributed by atoms with Crippen LogP contribution >= 0.6 is 12.2 Å². The van der Waals surface area contributed by atoms with Gasteiger partial charge in [0, 0.05) is 6.54 Å². The monoisotopic (exact) mass is 228 g/mol. The zero-order valence-corrected chi connectivity index (χ0v) is 10.3. The fraction of sp³-hybridized carbons (Fsp3) is 0.818. The van der Waals surface area contributed by atoms with Crippen LogP contribution in [-0.2, 0) is 4.79 Å². The molecule has 1 aliphatic rings. The highest BCUT2D eigenvalue weighted by Gasteiger charge is 2.35. The first-order valence-corrected chi connectivity index (χ1v) is 5.98. The first-order valence-electron chi connectivity index (χ1n) is 5.58. The molecule has 0 aliphatic heterocycles. The molecule has 1 unspecified atom stereocenters. The Balaban J connectivity index is 2.36. The summed E-state index contributed by atoms with van der Waals surface area (Å²) >= 11 is 4.79. The van der Waals surface area contributed by atoms with Crippen molar-refractivity contribution in [3.05, 3.63) is 0 Å². The lowest BCUT2D eigenvalue weighted by Crippen LogP contribution is -2.45. The van der Waals surface area contributed by atoms with Gasteiger partial charge in [-0.15, -0.1) is 0 Å². The molecule has 3 N–H and O–H groups in total. The number of hydrogen-bond donors (Lipinski definition) is 2. The molecule has 1 rings (SSSR count). The summed E-state index contributed by atoms with van der Waals surface area (Å²) in [7, 11) is 0. The normalized spacial score (nSPS) is 20.1. The third-order valence-electron chi connectivity index (χ3n) is 3.62. The Kier molecular flexibility index (Phi) is 4.08. The number of nitrogens with one attached hydrogen (secondary N) is 1. The van der Waals surface area contributed by atoms with Crippen molar-refractivity contribution in [1.29, 1.82) is 0 Å². The maximum atomic E-state index is 11.6. The summed E-state index contributed by atoms with van der Waals surface area (Å²) in [5, 5.41) is 2.95. The molecule has 0 aromatic rings. The van der Waals surface area contributed by atoms with Crippen LogP contribution in [0, 0.1) is 11.3 Å². The molecule has 0 saturated heterocycles. The SMILES string of the molecule is CCC1(CNC(=O)C(C)C(N)=S)CCC1. The van der Waals surface area contributed by atoms with Crippen LogP contribution in [0.15, 0.2) is 0 Å². The highest BCUT2D eigenvalue weighted by atomic mass is 32.1. The minimum Gasteiger partial charge on any atom is -0.393 e. The average molecular weight is 228 g/mol. The van der Waals surface area contributed by atoms with Crippen LogP contribution in [0.25, 0.3) is 0 Å². The molecule has 0 radical (unpaired) electrons. The van der Waals surface area contributed by atoms with Gasteiger partial charge in [0.25, 0.3) is 0 Å². The highest BCUT2D eigenvalue weighted by molar-refractivity contribution is 7.80. The fourth-order valence-electron chi connectivity index (χ4n) is 1.89. The minimum atomic E-state index is -0.353. The van der Waals surface area contributed by atoms with Crippen molar-refractivity contribution in [1.82, 2.24) is 5.32 Å². The van der Waals surface area contributed by atoms with E-state index in [1.54, 1.807) is 6.92 Å². The van der Waals surface area contributed by atoms with Crippen molar-refractivity contribution in [3.63, 3.8) is 0 Å². The zero-order valence-electron chi connectivity index (χ0n) is 9.51. The molecular weight excluding hydrogens is 208 g/mol. The molecule has 0 spiro atoms. The topological polar surface area (TPSA) is 55.1 Å². The van der Waals surface area contributed by atoms with Gasteiger partial charge in [-0.1, -0.05) is 25.6 Å². The summed E-state index contributed by atoms with van der Waals surface area (Å²) in [5.74, 6) is -0.392. The summed E-state index contributed by atoms with van der Waals surface area (Å²) in [6.45, 7) is 4.70. The van der Waals surface area contributed by atoms with E-state index in [1.807, 2.05) is 0 Å². The Labute approximate surface area is 96.8 Å². The van der Waals surface area contributed by atoms with Crippen LogP contribution in [0.3, 0.4) is 0 Å². The predicted octanol–water partition coefficient (Wildman–Crippen LogP) is 1.61. The Bertz CT molecular complexity index is 256. The van der Waals surface area contributed by atoms with E-state index < -0.39 is 0 Å². The van der Waals surface area contributed by atoms with Crippen molar-refractivity contribution in [2.24, 2.45) is 17.1 Å². The van der Waals surface area contributed by atoms with Gasteiger partial charge in [0.05, 0.1) is 10.9 Å². The van der Waals surface area contributed by atoms with Gasteiger partial charge in [-0.25, -0.2) is 0 Å². The highest BCUT2D eigenvalue weighted by Crippen LogP contribution is 2.43. The number of amides is 1. The van der Waals surface area contributed by atoms with Gasteiger partial charge in [0.1, 0.15) is 0 Å². The smallest absolute Gasteiger partial charge is 0.229 e. The van der Waals surface area contributed by atoms with Crippen LogP contribution in [-0.4, -0.2) is 17.4 Å². The van der Waals surface area contributed by atoms with Crippen molar-refractivity contribution >= 4 is 23.1 Å². The molecule has 1 saturated carbocycles. The lowest BCUT2D eigenvalue weighted by molar-refractivity contribution is -0.123. The third-order valence-corrected chi connectivity index (χ3v) is 3.98. The first kappa shape index (κ1) is 12.4. The number of thiocarbonyl (C=S) groups is 1. The fourth-order valence-corrected chi connectivity index (χ4v) is 2.00. The van der Waals surface area contributed by atoms with E-state index in [9.17, 15) is 4.79 Å². The Hall–Kier alpha value is -0.640. The number of hydrogen-bond acceptors (Lipinski definition) is 2. The molecule has 1 aliphatic carbocycles. The van der Waals surface area contributed by atoms with Crippen LogP contribution in [0.1, 0.15) is 39.5 Å². The molecule has 0 heterocycles. The lowest BCUT2D eigenvalue weighted by atomic mass is 9.67. The predicted molar refractivity (Wildman–Crippen MR) is 65.5 cm³/mol. The number of rotatable bonds is 5. The van der Waals surface area contributed by atoms with Crippen LogP contribution in [0.5, 0.6) is 0 Å². The first-order chi connectivity index (χ1) is 7.01. The Morgan fingerprint density at radius 2 is 2.20 bits per heavy atom. The van der Waals surface area contributed by atoms with Gasteiger partial charge in [-0.3, -0.25) is 4.79 Å². The quantitative estimate of drug-likeness (QED) is 0.703. The summed E-state index contributed by atoms with van der Waals surface area (Å²) in [6, 6.07) is 0. The molecular formula is C11H20N2OS. The zero-order chi connectivity index (χ0) is 11.5. The van der Waals surface area contributed by atoms with Gasteiger partial charge in [-0.2, -0.15) is 0 Å². The van der Waals surface area contributed by atoms with Crippen LogP contribution in [0.4, 0.5) is 0 Å². The second-order valence-electron chi connectivity index (χ2n) is 4.55. The van der Waals surface area contributed by atoms with E-state index in [4.69, 9.17) is 18.0 Å². The van der Waals surface area contributed by atoms with E-state index >= 15 is 0 Å². The number of carbonyl (C=O) groups is 1. The van der Waals surface area contributed by atoms with Crippen molar-refractivity contribution < 1.29 is 4.79 Å². The molecule has 1 atom stereocenters. The molecule has 1 fully saturated rings.